The van der Waals surface area contributed by atoms with Gasteiger partial charge >= 0.3 is 5.69 Å². The number of aliphatic hydroxyl groups is 3. The van der Waals surface area contributed by atoms with E-state index in [-0.39, 0.29) is 12.2 Å². The standard InChI is InChI=1S/C9H14N4O6/c14-4-9(5-15,6-16)11-8(17)3-12-2-7(1-10-12)13(18)19/h1-2,14-16H,3-6H2,(H,11,17). The molecule has 0 saturated carbocycles. The lowest BCUT2D eigenvalue weighted by atomic mass is 10.0. The molecule has 0 fully saturated rings. The zero-order valence-electron chi connectivity index (χ0n) is 9.89. The first kappa shape index (κ1) is 15.0. The van der Waals surface area contributed by atoms with Crippen molar-refractivity contribution in [1.29, 1.82) is 0 Å². The van der Waals surface area contributed by atoms with Gasteiger partial charge in [-0.1, -0.05) is 0 Å². The van der Waals surface area contributed by atoms with Gasteiger partial charge in [-0.2, -0.15) is 5.10 Å². The zero-order chi connectivity index (χ0) is 14.5. The monoisotopic (exact) mass is 274 g/mol. The number of carbonyl (C=O) groups excluding carboxylic acids is 1. The molecule has 0 aliphatic carbocycles. The molecule has 0 aliphatic heterocycles. The van der Waals surface area contributed by atoms with E-state index in [4.69, 9.17) is 15.3 Å². The molecule has 0 unspecified atom stereocenters. The summed E-state index contributed by atoms with van der Waals surface area (Å²) in [6.45, 7) is -2.28. The quantitative estimate of drug-likeness (QED) is 0.320. The Kier molecular flexibility index (Phi) is 4.92. The van der Waals surface area contributed by atoms with Gasteiger partial charge < -0.3 is 20.6 Å². The molecule has 1 heterocycles. The fraction of sp³-hybridized carbons (Fsp3) is 0.556. The fourth-order valence-electron chi connectivity index (χ4n) is 1.28. The van der Waals surface area contributed by atoms with Gasteiger partial charge in [-0.15, -0.1) is 0 Å². The van der Waals surface area contributed by atoms with Crippen LogP contribution >= 0.6 is 0 Å². The molecule has 0 aromatic carbocycles. The maximum atomic E-state index is 11.6. The Morgan fingerprint density at radius 2 is 2.00 bits per heavy atom. The number of nitrogens with zero attached hydrogens (tertiary/aromatic N) is 3. The van der Waals surface area contributed by atoms with E-state index in [9.17, 15) is 14.9 Å². The van der Waals surface area contributed by atoms with Gasteiger partial charge in [0.2, 0.25) is 5.91 Å². The minimum Gasteiger partial charge on any atom is -0.394 e. The number of aliphatic hydroxyl groups excluding tert-OH is 3. The minimum absolute atomic E-state index is 0.259. The van der Waals surface area contributed by atoms with Crippen molar-refractivity contribution in [2.24, 2.45) is 0 Å². The topological polar surface area (TPSA) is 151 Å². The number of nitrogens with one attached hydrogen (secondary N) is 1. The smallest absolute Gasteiger partial charge is 0.307 e. The molecule has 0 spiro atoms. The first-order chi connectivity index (χ1) is 8.96. The number of aromatic nitrogens is 2. The van der Waals surface area contributed by atoms with Crippen molar-refractivity contribution in [3.63, 3.8) is 0 Å². The van der Waals surface area contributed by atoms with Crippen LogP contribution < -0.4 is 5.32 Å². The molecular formula is C9H14N4O6. The van der Waals surface area contributed by atoms with E-state index < -0.39 is 36.2 Å². The van der Waals surface area contributed by atoms with E-state index in [1.54, 1.807) is 0 Å². The molecule has 0 aliphatic rings. The molecule has 0 atom stereocenters. The maximum Gasteiger partial charge on any atom is 0.307 e. The molecule has 1 rings (SSSR count). The van der Waals surface area contributed by atoms with Crippen LogP contribution in [0.5, 0.6) is 0 Å². The van der Waals surface area contributed by atoms with Crippen molar-refractivity contribution in [1.82, 2.24) is 15.1 Å². The minimum atomic E-state index is -1.53. The Morgan fingerprint density at radius 3 is 2.42 bits per heavy atom. The average Bonchev–Trinajstić information content (AvgIpc) is 2.84. The van der Waals surface area contributed by atoms with Crippen LogP contribution in [0, 0.1) is 10.1 Å². The molecule has 19 heavy (non-hydrogen) atoms. The molecule has 1 aromatic heterocycles. The van der Waals surface area contributed by atoms with Gasteiger partial charge in [-0.05, 0) is 0 Å². The van der Waals surface area contributed by atoms with E-state index >= 15 is 0 Å². The Bertz CT molecular complexity index is 447. The van der Waals surface area contributed by atoms with Gasteiger partial charge in [0.05, 0.1) is 24.7 Å². The molecule has 10 heteroatoms. The zero-order valence-corrected chi connectivity index (χ0v) is 9.89. The summed E-state index contributed by atoms with van der Waals surface area (Å²) in [6, 6.07) is 0. The average molecular weight is 274 g/mol. The summed E-state index contributed by atoms with van der Waals surface area (Å²) in [5.41, 5.74) is -1.79. The number of hydrogen-bond acceptors (Lipinski definition) is 7. The molecule has 1 aromatic rings. The van der Waals surface area contributed by atoms with Crippen molar-refractivity contribution >= 4 is 11.6 Å². The molecule has 0 saturated heterocycles. The second kappa shape index (κ2) is 6.22. The van der Waals surface area contributed by atoms with Crippen molar-refractivity contribution in [2.75, 3.05) is 19.8 Å². The van der Waals surface area contributed by atoms with Crippen LogP contribution in [0.4, 0.5) is 5.69 Å². The summed E-state index contributed by atoms with van der Waals surface area (Å²) in [7, 11) is 0. The van der Waals surface area contributed by atoms with E-state index in [1.807, 2.05) is 0 Å². The maximum absolute atomic E-state index is 11.6. The van der Waals surface area contributed by atoms with Gasteiger partial charge in [-0.3, -0.25) is 19.6 Å². The lowest BCUT2D eigenvalue weighted by Gasteiger charge is -2.28. The van der Waals surface area contributed by atoms with Gasteiger partial charge in [0.1, 0.15) is 24.5 Å². The van der Waals surface area contributed by atoms with E-state index in [0.717, 1.165) is 17.1 Å². The predicted molar refractivity (Wildman–Crippen MR) is 61.0 cm³/mol. The summed E-state index contributed by atoms with van der Waals surface area (Å²) in [6.07, 6.45) is 2.06. The van der Waals surface area contributed by atoms with Crippen LogP contribution in [-0.4, -0.2) is 61.3 Å². The number of carbonyl (C=O) groups is 1. The molecule has 0 bridgehead atoms. The van der Waals surface area contributed by atoms with Crippen LogP contribution in [0.15, 0.2) is 12.4 Å². The second-order valence-corrected chi connectivity index (χ2v) is 3.96. The number of nitro groups is 1. The molecule has 4 N–H and O–H groups in total. The fourth-order valence-corrected chi connectivity index (χ4v) is 1.28. The van der Waals surface area contributed by atoms with Gasteiger partial charge in [0.25, 0.3) is 0 Å². The normalized spacial score (nSPS) is 11.3. The molecule has 0 radical (unpaired) electrons. The molecule has 10 nitrogen and oxygen atoms in total. The van der Waals surface area contributed by atoms with Crippen LogP contribution in [0.1, 0.15) is 0 Å². The SMILES string of the molecule is O=C(Cn1cc([N+](=O)[O-])cn1)NC(CO)(CO)CO. The highest BCUT2D eigenvalue weighted by molar-refractivity contribution is 5.76. The van der Waals surface area contributed by atoms with Crippen LogP contribution in [-0.2, 0) is 11.3 Å². The first-order valence-electron chi connectivity index (χ1n) is 5.27. The van der Waals surface area contributed by atoms with Crippen LogP contribution in [0.2, 0.25) is 0 Å². The number of amides is 1. The van der Waals surface area contributed by atoms with Gasteiger partial charge in [0.15, 0.2) is 0 Å². The van der Waals surface area contributed by atoms with Crippen molar-refractivity contribution in [3.8, 4) is 0 Å². The highest BCUT2D eigenvalue weighted by atomic mass is 16.6. The first-order valence-corrected chi connectivity index (χ1v) is 5.27. The lowest BCUT2D eigenvalue weighted by Crippen LogP contribution is -2.57. The molecular weight excluding hydrogens is 260 g/mol. The molecule has 106 valence electrons. The van der Waals surface area contributed by atoms with E-state index in [0.29, 0.717) is 0 Å². The largest absolute Gasteiger partial charge is 0.394 e. The van der Waals surface area contributed by atoms with Gasteiger partial charge in [0, 0.05) is 0 Å². The Morgan fingerprint density at radius 1 is 1.42 bits per heavy atom. The van der Waals surface area contributed by atoms with Gasteiger partial charge in [-0.25, -0.2) is 0 Å². The third-order valence-corrected chi connectivity index (χ3v) is 2.45. The lowest BCUT2D eigenvalue weighted by molar-refractivity contribution is -0.385. The highest BCUT2D eigenvalue weighted by Gasteiger charge is 2.30. The predicted octanol–water partition coefficient (Wildman–Crippen LogP) is -2.38. The molecule has 1 amide bonds. The van der Waals surface area contributed by atoms with Crippen molar-refractivity contribution in [2.45, 2.75) is 12.1 Å². The van der Waals surface area contributed by atoms with Crippen molar-refractivity contribution in [3.05, 3.63) is 22.5 Å². The highest BCUT2D eigenvalue weighted by Crippen LogP contribution is 2.08. The van der Waals surface area contributed by atoms with Crippen molar-refractivity contribution < 1.29 is 25.0 Å². The summed E-state index contributed by atoms with van der Waals surface area (Å²) < 4.78 is 1.03. The van der Waals surface area contributed by atoms with E-state index in [1.165, 1.54) is 0 Å². The van der Waals surface area contributed by atoms with E-state index in [2.05, 4.69) is 10.4 Å². The Hall–Kier alpha value is -2.04. The summed E-state index contributed by atoms with van der Waals surface area (Å²) in [5, 5.41) is 43.3. The summed E-state index contributed by atoms with van der Waals surface area (Å²) in [5.74, 6) is -0.657. The summed E-state index contributed by atoms with van der Waals surface area (Å²) in [4.78, 5) is 21.4. The van der Waals surface area contributed by atoms with Crippen LogP contribution in [0.25, 0.3) is 0 Å². The third kappa shape index (κ3) is 3.71. The Labute approximate surface area is 107 Å². The Balaban J connectivity index is 2.66. The summed E-state index contributed by atoms with van der Waals surface area (Å²) >= 11 is 0. The van der Waals surface area contributed by atoms with Crippen LogP contribution in [0.3, 0.4) is 0 Å². The second-order valence-electron chi connectivity index (χ2n) is 3.96. The third-order valence-electron chi connectivity index (χ3n) is 2.45. The number of hydrogen-bond donors (Lipinski definition) is 4. The number of rotatable bonds is 7.